The van der Waals surface area contributed by atoms with Crippen LogP contribution in [0.15, 0.2) is 42.5 Å². The van der Waals surface area contributed by atoms with E-state index in [0.717, 1.165) is 42.2 Å². The zero-order valence-electron chi connectivity index (χ0n) is 15.6. The van der Waals surface area contributed by atoms with E-state index in [4.69, 9.17) is 9.47 Å². The maximum absolute atomic E-state index is 12.5. The Kier molecular flexibility index (Phi) is 8.57. The van der Waals surface area contributed by atoms with Crippen molar-refractivity contribution < 1.29 is 19.1 Å². The largest absolute Gasteiger partial charge is 0.461 e. The third kappa shape index (κ3) is 6.03. The van der Waals surface area contributed by atoms with E-state index in [9.17, 15) is 9.59 Å². The molecule has 8 heteroatoms. The van der Waals surface area contributed by atoms with Crippen LogP contribution in [0.3, 0.4) is 0 Å². The monoisotopic (exact) mass is 731 g/mol. The molecule has 0 bridgehead atoms. The van der Waals surface area contributed by atoms with Gasteiger partial charge in [0, 0.05) is 23.6 Å². The van der Waals surface area contributed by atoms with E-state index in [1.807, 2.05) is 36.4 Å². The van der Waals surface area contributed by atoms with Crippen LogP contribution in [0.2, 0.25) is 0 Å². The summed E-state index contributed by atoms with van der Waals surface area (Å²) in [7, 11) is 0. The molecule has 0 unspecified atom stereocenters. The minimum absolute atomic E-state index is 0.00107. The quantitative estimate of drug-likeness (QED) is 0.261. The first kappa shape index (κ1) is 23.2. The van der Waals surface area contributed by atoms with E-state index in [1.54, 1.807) is 6.07 Å². The topological polar surface area (TPSA) is 64.6 Å². The second-order valence-corrected chi connectivity index (χ2v) is 10.2. The maximum atomic E-state index is 12.5. The number of benzene rings is 2. The summed E-state index contributed by atoms with van der Waals surface area (Å²) in [4.78, 5) is 25.0. The number of esters is 2. The number of nitrogens with one attached hydrogen (secondary N) is 1. The zero-order chi connectivity index (χ0) is 20.9. The van der Waals surface area contributed by atoms with Crippen molar-refractivity contribution in [2.24, 2.45) is 0 Å². The molecule has 1 fully saturated rings. The highest BCUT2D eigenvalue weighted by atomic mass is 127. The third-order valence-electron chi connectivity index (χ3n) is 4.77. The Morgan fingerprint density at radius 2 is 1.72 bits per heavy atom. The molecule has 1 aliphatic rings. The highest BCUT2D eigenvalue weighted by molar-refractivity contribution is 14.1. The molecule has 2 aromatic rings. The lowest BCUT2D eigenvalue weighted by molar-refractivity contribution is -0.165. The predicted octanol–water partition coefficient (Wildman–Crippen LogP) is 4.87. The number of halogens is 3. The number of carbonyl (C=O) groups excluding carboxylic acids is 2. The molecule has 0 radical (unpaired) electrons. The molecule has 2 aromatic carbocycles. The Morgan fingerprint density at radius 1 is 1.03 bits per heavy atom. The number of rotatable bonds is 6. The first-order valence-corrected chi connectivity index (χ1v) is 12.4. The van der Waals surface area contributed by atoms with Crippen LogP contribution in [0.4, 0.5) is 0 Å². The Bertz CT molecular complexity index is 883. The van der Waals surface area contributed by atoms with Gasteiger partial charge < -0.3 is 14.8 Å². The molecule has 29 heavy (non-hydrogen) atoms. The van der Waals surface area contributed by atoms with Gasteiger partial charge in [0.05, 0.1) is 12.0 Å². The van der Waals surface area contributed by atoms with Gasteiger partial charge in [0.1, 0.15) is 12.2 Å². The lowest BCUT2D eigenvalue weighted by Crippen LogP contribution is -2.43. The van der Waals surface area contributed by atoms with E-state index < -0.39 is 11.6 Å². The molecular formula is C21H20I3NO4. The van der Waals surface area contributed by atoms with Crippen molar-refractivity contribution in [2.45, 2.75) is 24.9 Å². The van der Waals surface area contributed by atoms with Crippen LogP contribution in [0, 0.1) is 10.7 Å². The molecule has 1 heterocycles. The summed E-state index contributed by atoms with van der Waals surface area (Å²) in [5, 5.41) is 3.31. The molecular weight excluding hydrogens is 711 g/mol. The Balaban J connectivity index is 1.60. The fourth-order valence-corrected chi connectivity index (χ4v) is 5.68. The van der Waals surface area contributed by atoms with Gasteiger partial charge in [0.25, 0.3) is 0 Å². The second-order valence-electron chi connectivity index (χ2n) is 6.72. The molecule has 0 spiro atoms. The standard InChI is InChI=1S/C21H20I3NO4/c22-15-12-16(19(24)17(23)13-15)20(27)28-11-6-18(26)29-21(7-9-25-10-8-21)14-4-2-1-3-5-14/h1-5,12-13,25H,6-11H2. The lowest BCUT2D eigenvalue weighted by atomic mass is 9.85. The highest BCUT2D eigenvalue weighted by Crippen LogP contribution is 2.35. The second kappa shape index (κ2) is 10.7. The summed E-state index contributed by atoms with van der Waals surface area (Å²) in [6.07, 6.45) is 1.48. The molecule has 0 saturated carbocycles. The van der Waals surface area contributed by atoms with Gasteiger partial charge in [-0.15, -0.1) is 0 Å². The first-order chi connectivity index (χ1) is 13.9. The summed E-state index contributed by atoms with van der Waals surface area (Å²) in [6.45, 7) is 1.58. The van der Waals surface area contributed by atoms with Crippen LogP contribution in [0.5, 0.6) is 0 Å². The van der Waals surface area contributed by atoms with Crippen LogP contribution < -0.4 is 5.32 Å². The molecule has 154 valence electrons. The van der Waals surface area contributed by atoms with E-state index in [0.29, 0.717) is 5.56 Å². The summed E-state index contributed by atoms with van der Waals surface area (Å²) >= 11 is 6.51. The predicted molar refractivity (Wildman–Crippen MR) is 136 cm³/mol. The lowest BCUT2D eigenvalue weighted by Gasteiger charge is -2.37. The van der Waals surface area contributed by atoms with Crippen molar-refractivity contribution in [1.29, 1.82) is 0 Å². The third-order valence-corrected chi connectivity index (χ3v) is 8.44. The SMILES string of the molecule is O=C(CCOC(=O)c1cc(I)cc(I)c1I)OC1(c2ccccc2)CCNCC1. The van der Waals surface area contributed by atoms with Gasteiger partial charge in [-0.1, -0.05) is 30.3 Å². The fraction of sp³-hybridized carbons (Fsp3) is 0.333. The maximum Gasteiger partial charge on any atom is 0.339 e. The molecule has 3 rings (SSSR count). The van der Waals surface area contributed by atoms with Gasteiger partial charge in [-0.25, -0.2) is 4.79 Å². The van der Waals surface area contributed by atoms with Crippen molar-refractivity contribution in [3.63, 3.8) is 0 Å². The first-order valence-electron chi connectivity index (χ1n) is 9.21. The van der Waals surface area contributed by atoms with Crippen molar-refractivity contribution in [3.05, 3.63) is 64.3 Å². The fourth-order valence-electron chi connectivity index (χ4n) is 3.30. The van der Waals surface area contributed by atoms with Crippen molar-refractivity contribution in [2.75, 3.05) is 19.7 Å². The van der Waals surface area contributed by atoms with Gasteiger partial charge >= 0.3 is 11.9 Å². The molecule has 1 saturated heterocycles. The Labute approximate surface area is 211 Å². The summed E-state index contributed by atoms with van der Waals surface area (Å²) < 4.78 is 14.1. The van der Waals surface area contributed by atoms with Crippen LogP contribution >= 0.6 is 67.8 Å². The average Bonchev–Trinajstić information content (AvgIpc) is 2.72. The van der Waals surface area contributed by atoms with E-state index >= 15 is 0 Å². The molecule has 5 nitrogen and oxygen atoms in total. The van der Waals surface area contributed by atoms with Crippen LogP contribution in [-0.4, -0.2) is 31.6 Å². The number of piperidine rings is 1. The van der Waals surface area contributed by atoms with Gasteiger partial charge in [-0.3, -0.25) is 4.79 Å². The highest BCUT2D eigenvalue weighted by Gasteiger charge is 2.37. The molecule has 0 amide bonds. The zero-order valence-corrected chi connectivity index (χ0v) is 22.0. The van der Waals surface area contributed by atoms with Crippen molar-refractivity contribution in [3.8, 4) is 0 Å². The number of ether oxygens (including phenoxy) is 2. The molecule has 0 aliphatic carbocycles. The van der Waals surface area contributed by atoms with E-state index in [2.05, 4.69) is 73.1 Å². The molecule has 0 aromatic heterocycles. The minimum Gasteiger partial charge on any atom is -0.461 e. The van der Waals surface area contributed by atoms with Gasteiger partial charge in [0.2, 0.25) is 0 Å². The van der Waals surface area contributed by atoms with Crippen LogP contribution in [0.1, 0.15) is 35.2 Å². The van der Waals surface area contributed by atoms with Crippen molar-refractivity contribution >= 4 is 79.7 Å². The number of carbonyl (C=O) groups is 2. The number of hydrogen-bond donors (Lipinski definition) is 1. The average molecular weight is 731 g/mol. The number of hydrogen-bond acceptors (Lipinski definition) is 5. The summed E-state index contributed by atoms with van der Waals surface area (Å²) in [5.74, 6) is -0.770. The van der Waals surface area contributed by atoms with Crippen LogP contribution in [-0.2, 0) is 19.9 Å². The van der Waals surface area contributed by atoms with Crippen molar-refractivity contribution in [1.82, 2.24) is 5.32 Å². The summed E-state index contributed by atoms with van der Waals surface area (Å²) in [5.41, 5.74) is 0.915. The van der Waals surface area contributed by atoms with Gasteiger partial charge in [-0.05, 0) is 98.6 Å². The minimum atomic E-state index is -0.616. The molecule has 0 atom stereocenters. The van der Waals surface area contributed by atoms with Gasteiger partial charge in [-0.2, -0.15) is 0 Å². The molecule has 1 aliphatic heterocycles. The Morgan fingerprint density at radius 3 is 2.41 bits per heavy atom. The van der Waals surface area contributed by atoms with Gasteiger partial charge in [0.15, 0.2) is 0 Å². The Hall–Kier alpha value is -0.470. The smallest absolute Gasteiger partial charge is 0.339 e. The van der Waals surface area contributed by atoms with Crippen LogP contribution in [0.25, 0.3) is 0 Å². The normalized spacial score (nSPS) is 15.6. The summed E-state index contributed by atoms with van der Waals surface area (Å²) in [6, 6.07) is 13.7. The van der Waals surface area contributed by atoms with E-state index in [1.165, 1.54) is 0 Å². The molecule has 1 N–H and O–H groups in total. The van der Waals surface area contributed by atoms with E-state index in [-0.39, 0.29) is 19.0 Å².